The van der Waals surface area contributed by atoms with Crippen LogP contribution in [0.25, 0.3) is 0 Å². The van der Waals surface area contributed by atoms with Gasteiger partial charge in [0, 0.05) is 18.9 Å². The van der Waals surface area contributed by atoms with E-state index in [1.54, 1.807) is 0 Å². The molecule has 1 aliphatic heterocycles. The first-order valence-corrected chi connectivity index (χ1v) is 5.89. The Bertz CT molecular complexity index is 307. The summed E-state index contributed by atoms with van der Waals surface area (Å²) in [5, 5.41) is 2.79. The molecule has 0 bridgehead atoms. The predicted molar refractivity (Wildman–Crippen MR) is 60.2 cm³/mol. The molecule has 0 atom stereocenters. The van der Waals surface area contributed by atoms with E-state index in [9.17, 15) is 4.79 Å². The van der Waals surface area contributed by atoms with Crippen molar-refractivity contribution in [1.82, 2.24) is 5.32 Å². The predicted octanol–water partition coefficient (Wildman–Crippen LogP) is 1.03. The molecule has 5 nitrogen and oxygen atoms in total. The van der Waals surface area contributed by atoms with E-state index < -0.39 is 6.09 Å². The second-order valence-electron chi connectivity index (χ2n) is 4.31. The molecule has 1 aliphatic carbocycles. The van der Waals surface area contributed by atoms with Crippen LogP contribution < -0.4 is 5.32 Å². The SMILES string of the molecule is C#CCOC(=O)NC1CCC2(CC1)OCCO2. The molecule has 2 fully saturated rings. The molecule has 0 radical (unpaired) electrons. The van der Waals surface area contributed by atoms with Crippen LogP contribution in [0, 0.1) is 12.3 Å². The molecule has 0 aromatic heterocycles. The van der Waals surface area contributed by atoms with Crippen LogP contribution in [-0.2, 0) is 14.2 Å². The van der Waals surface area contributed by atoms with Gasteiger partial charge in [0.05, 0.1) is 13.2 Å². The monoisotopic (exact) mass is 239 g/mol. The van der Waals surface area contributed by atoms with E-state index in [1.807, 2.05) is 0 Å². The summed E-state index contributed by atoms with van der Waals surface area (Å²) in [6, 6.07) is 0.124. The van der Waals surface area contributed by atoms with Crippen molar-refractivity contribution in [2.24, 2.45) is 0 Å². The van der Waals surface area contributed by atoms with Gasteiger partial charge in [-0.1, -0.05) is 5.92 Å². The van der Waals surface area contributed by atoms with E-state index in [0.29, 0.717) is 13.2 Å². The van der Waals surface area contributed by atoms with Crippen LogP contribution in [0.15, 0.2) is 0 Å². The molecule has 94 valence electrons. The molecule has 1 spiro atoms. The molecule has 1 amide bonds. The van der Waals surface area contributed by atoms with Crippen LogP contribution in [0.5, 0.6) is 0 Å². The number of hydrogen-bond donors (Lipinski definition) is 1. The van der Waals surface area contributed by atoms with Gasteiger partial charge in [0.2, 0.25) is 0 Å². The number of nitrogens with one attached hydrogen (secondary N) is 1. The quantitative estimate of drug-likeness (QED) is 0.731. The van der Waals surface area contributed by atoms with Gasteiger partial charge in [-0.25, -0.2) is 4.79 Å². The van der Waals surface area contributed by atoms with E-state index in [0.717, 1.165) is 25.7 Å². The Hall–Kier alpha value is -1.25. The standard InChI is InChI=1S/C12H17NO4/c1-2-7-15-11(14)13-10-3-5-12(6-4-10)16-8-9-17-12/h1,10H,3-9H2,(H,13,14). The number of hydrogen-bond acceptors (Lipinski definition) is 4. The first-order chi connectivity index (χ1) is 8.24. The molecule has 0 aromatic rings. The maximum absolute atomic E-state index is 11.3. The molecule has 17 heavy (non-hydrogen) atoms. The smallest absolute Gasteiger partial charge is 0.408 e. The van der Waals surface area contributed by atoms with E-state index in [1.165, 1.54) is 0 Å². The highest BCUT2D eigenvalue weighted by molar-refractivity contribution is 5.67. The molecular weight excluding hydrogens is 222 g/mol. The van der Waals surface area contributed by atoms with Gasteiger partial charge < -0.3 is 19.5 Å². The van der Waals surface area contributed by atoms with Crippen molar-refractivity contribution in [2.45, 2.75) is 37.5 Å². The number of carbonyl (C=O) groups is 1. The lowest BCUT2D eigenvalue weighted by Crippen LogP contribution is -2.44. The summed E-state index contributed by atoms with van der Waals surface area (Å²) in [6.07, 6.45) is 7.86. The van der Waals surface area contributed by atoms with Crippen LogP contribution >= 0.6 is 0 Å². The Labute approximate surface area is 101 Å². The molecular formula is C12H17NO4. The Morgan fingerprint density at radius 2 is 2.06 bits per heavy atom. The highest BCUT2D eigenvalue weighted by Crippen LogP contribution is 2.35. The average Bonchev–Trinajstić information content (AvgIpc) is 2.79. The van der Waals surface area contributed by atoms with Crippen molar-refractivity contribution in [3.63, 3.8) is 0 Å². The minimum atomic E-state index is -0.447. The van der Waals surface area contributed by atoms with Gasteiger partial charge in [0.25, 0.3) is 0 Å². The topological polar surface area (TPSA) is 56.8 Å². The van der Waals surface area contributed by atoms with Gasteiger partial charge >= 0.3 is 6.09 Å². The molecule has 1 heterocycles. The van der Waals surface area contributed by atoms with E-state index in [4.69, 9.17) is 20.6 Å². The number of alkyl carbamates (subject to hydrolysis) is 1. The van der Waals surface area contributed by atoms with Crippen molar-refractivity contribution < 1.29 is 19.0 Å². The molecule has 5 heteroatoms. The van der Waals surface area contributed by atoms with E-state index >= 15 is 0 Å². The first-order valence-electron chi connectivity index (χ1n) is 5.89. The average molecular weight is 239 g/mol. The van der Waals surface area contributed by atoms with Crippen molar-refractivity contribution >= 4 is 6.09 Å². The van der Waals surface area contributed by atoms with Crippen molar-refractivity contribution in [3.8, 4) is 12.3 Å². The van der Waals surface area contributed by atoms with Crippen LogP contribution in [0.1, 0.15) is 25.7 Å². The highest BCUT2D eigenvalue weighted by atomic mass is 16.7. The fraction of sp³-hybridized carbons (Fsp3) is 0.750. The number of amides is 1. The van der Waals surface area contributed by atoms with Gasteiger partial charge in [0.1, 0.15) is 0 Å². The molecule has 1 saturated carbocycles. The zero-order chi connectivity index (χ0) is 12.1. The maximum atomic E-state index is 11.3. The summed E-state index contributed by atoms with van der Waals surface area (Å²) in [5.41, 5.74) is 0. The van der Waals surface area contributed by atoms with Crippen LogP contribution in [-0.4, -0.2) is 37.7 Å². The summed E-state index contributed by atoms with van der Waals surface area (Å²) < 4.78 is 16.0. The summed E-state index contributed by atoms with van der Waals surface area (Å²) in [6.45, 7) is 1.35. The summed E-state index contributed by atoms with van der Waals surface area (Å²) in [7, 11) is 0. The van der Waals surface area contributed by atoms with Gasteiger partial charge in [0.15, 0.2) is 12.4 Å². The fourth-order valence-corrected chi connectivity index (χ4v) is 2.30. The minimum Gasteiger partial charge on any atom is -0.436 e. The van der Waals surface area contributed by atoms with E-state index in [2.05, 4.69) is 11.2 Å². The lowest BCUT2D eigenvalue weighted by Gasteiger charge is -2.35. The third-order valence-electron chi connectivity index (χ3n) is 3.17. The van der Waals surface area contributed by atoms with Crippen molar-refractivity contribution in [3.05, 3.63) is 0 Å². The molecule has 1 N–H and O–H groups in total. The first kappa shape index (κ1) is 12.2. The molecule has 0 aromatic carbocycles. The Balaban J connectivity index is 1.72. The number of ether oxygens (including phenoxy) is 3. The fourth-order valence-electron chi connectivity index (χ4n) is 2.30. The van der Waals surface area contributed by atoms with Gasteiger partial charge in [-0.2, -0.15) is 0 Å². The second-order valence-corrected chi connectivity index (χ2v) is 4.31. The zero-order valence-corrected chi connectivity index (χ0v) is 9.74. The number of rotatable bonds is 2. The number of carbonyl (C=O) groups excluding carboxylic acids is 1. The largest absolute Gasteiger partial charge is 0.436 e. The lowest BCUT2D eigenvalue weighted by atomic mass is 9.90. The molecule has 2 rings (SSSR count). The van der Waals surface area contributed by atoms with Gasteiger partial charge in [-0.15, -0.1) is 6.42 Å². The minimum absolute atomic E-state index is 0.00864. The Morgan fingerprint density at radius 3 is 2.65 bits per heavy atom. The summed E-state index contributed by atoms with van der Waals surface area (Å²) >= 11 is 0. The number of terminal acetylenes is 1. The summed E-state index contributed by atoms with van der Waals surface area (Å²) in [4.78, 5) is 11.3. The second kappa shape index (κ2) is 5.39. The van der Waals surface area contributed by atoms with Gasteiger partial charge in [-0.05, 0) is 12.8 Å². The van der Waals surface area contributed by atoms with Crippen LogP contribution in [0.2, 0.25) is 0 Å². The molecule has 1 saturated heterocycles. The molecule has 2 aliphatic rings. The van der Waals surface area contributed by atoms with Crippen molar-refractivity contribution in [1.29, 1.82) is 0 Å². The van der Waals surface area contributed by atoms with E-state index in [-0.39, 0.29) is 18.4 Å². The third-order valence-corrected chi connectivity index (χ3v) is 3.17. The lowest BCUT2D eigenvalue weighted by molar-refractivity contribution is -0.179. The van der Waals surface area contributed by atoms with Crippen molar-refractivity contribution in [2.75, 3.05) is 19.8 Å². The van der Waals surface area contributed by atoms with Crippen LogP contribution in [0.3, 0.4) is 0 Å². The Morgan fingerprint density at radius 1 is 1.41 bits per heavy atom. The molecule has 0 unspecified atom stereocenters. The summed E-state index contributed by atoms with van der Waals surface area (Å²) in [5.74, 6) is 1.86. The third kappa shape index (κ3) is 3.11. The van der Waals surface area contributed by atoms with Crippen LogP contribution in [0.4, 0.5) is 4.79 Å². The Kier molecular flexibility index (Phi) is 3.87. The van der Waals surface area contributed by atoms with Gasteiger partial charge in [-0.3, -0.25) is 0 Å². The maximum Gasteiger partial charge on any atom is 0.408 e. The normalized spacial score (nSPS) is 23.2. The zero-order valence-electron chi connectivity index (χ0n) is 9.74. The highest BCUT2D eigenvalue weighted by Gasteiger charge is 2.40.